The van der Waals surface area contributed by atoms with Crippen LogP contribution in [0.1, 0.15) is 25.7 Å². The minimum absolute atomic E-state index is 0.0531. The molecule has 0 atom stereocenters. The number of amides is 1. The molecule has 0 saturated carbocycles. The third kappa shape index (κ3) is 11.6. The van der Waals surface area contributed by atoms with Gasteiger partial charge in [0, 0.05) is 26.1 Å². The summed E-state index contributed by atoms with van der Waals surface area (Å²) in [5.41, 5.74) is 0. The number of nitrogens with one attached hydrogen (secondary N) is 1. The van der Waals surface area contributed by atoms with Crippen LogP contribution in [0.15, 0.2) is 0 Å². The Morgan fingerprint density at radius 1 is 1.00 bits per heavy atom. The van der Waals surface area contributed by atoms with E-state index in [1.54, 1.807) is 4.90 Å². The molecule has 0 aliphatic rings. The molecule has 0 aliphatic heterocycles. The number of carbonyl (C=O) groups excluding carboxylic acids is 1. The van der Waals surface area contributed by atoms with Crippen molar-refractivity contribution in [1.29, 1.82) is 0 Å². The van der Waals surface area contributed by atoms with Gasteiger partial charge in [0.25, 0.3) is 0 Å². The first-order valence-electron chi connectivity index (χ1n) is 6.52. The number of carbonyl (C=O) groups is 2. The minimum Gasteiger partial charge on any atom is -0.481 e. The van der Waals surface area contributed by atoms with Gasteiger partial charge in [-0.25, -0.2) is 0 Å². The first kappa shape index (κ1) is 17.8. The Labute approximate surface area is 113 Å². The third-order valence-electron chi connectivity index (χ3n) is 2.59. The number of aliphatic hydroxyl groups excluding tert-OH is 2. The van der Waals surface area contributed by atoms with Crippen molar-refractivity contribution in [3.63, 3.8) is 0 Å². The molecule has 0 aromatic carbocycles. The Morgan fingerprint density at radius 3 is 2.16 bits per heavy atom. The predicted molar refractivity (Wildman–Crippen MR) is 69.7 cm³/mol. The van der Waals surface area contributed by atoms with Crippen molar-refractivity contribution in [3.8, 4) is 0 Å². The normalized spacial score (nSPS) is 10.7. The lowest BCUT2D eigenvalue weighted by atomic mass is 10.2. The van der Waals surface area contributed by atoms with E-state index in [9.17, 15) is 9.59 Å². The van der Waals surface area contributed by atoms with Gasteiger partial charge in [0.2, 0.25) is 5.91 Å². The maximum atomic E-state index is 11.5. The summed E-state index contributed by atoms with van der Waals surface area (Å²) in [6.07, 6.45) is 2.30. The number of aliphatic carboxylic acids is 1. The first-order valence-corrected chi connectivity index (χ1v) is 6.52. The summed E-state index contributed by atoms with van der Waals surface area (Å²) in [4.78, 5) is 23.5. The highest BCUT2D eigenvalue weighted by Crippen LogP contribution is 1.98. The summed E-state index contributed by atoms with van der Waals surface area (Å²) in [7, 11) is 0. The lowest BCUT2D eigenvalue weighted by Crippen LogP contribution is -2.40. The van der Waals surface area contributed by atoms with Crippen LogP contribution in [0.3, 0.4) is 0 Å². The molecule has 7 heteroatoms. The van der Waals surface area contributed by atoms with E-state index in [2.05, 4.69) is 5.32 Å². The number of unbranched alkanes of at least 4 members (excludes halogenated alkanes) is 2. The van der Waals surface area contributed by atoms with Gasteiger partial charge in [-0.05, 0) is 12.8 Å². The summed E-state index contributed by atoms with van der Waals surface area (Å²) in [6, 6.07) is 0. The molecule has 0 bridgehead atoms. The number of aliphatic hydroxyl groups is 2. The molecule has 0 heterocycles. The summed E-state index contributed by atoms with van der Waals surface area (Å²) >= 11 is 0. The summed E-state index contributed by atoms with van der Waals surface area (Å²) in [5, 5.41) is 28.8. The second-order valence-electron chi connectivity index (χ2n) is 4.28. The molecule has 0 unspecified atom stereocenters. The molecule has 4 N–H and O–H groups in total. The quantitative estimate of drug-likeness (QED) is 0.342. The lowest BCUT2D eigenvalue weighted by Gasteiger charge is -2.19. The van der Waals surface area contributed by atoms with E-state index in [-0.39, 0.29) is 32.1 Å². The van der Waals surface area contributed by atoms with E-state index in [4.69, 9.17) is 15.3 Å². The topological polar surface area (TPSA) is 110 Å². The van der Waals surface area contributed by atoms with Crippen LogP contribution in [-0.4, -0.2) is 71.5 Å². The molecule has 112 valence electrons. The van der Waals surface area contributed by atoms with Gasteiger partial charge in [0.15, 0.2) is 0 Å². The van der Waals surface area contributed by atoms with E-state index < -0.39 is 5.97 Å². The summed E-state index contributed by atoms with van der Waals surface area (Å²) in [6.45, 7) is 1.27. The summed E-state index contributed by atoms with van der Waals surface area (Å²) < 4.78 is 0. The molecule has 19 heavy (non-hydrogen) atoms. The molecule has 0 aliphatic carbocycles. The van der Waals surface area contributed by atoms with Gasteiger partial charge in [-0.1, -0.05) is 6.42 Å². The zero-order valence-electron chi connectivity index (χ0n) is 11.2. The van der Waals surface area contributed by atoms with E-state index in [1.807, 2.05) is 0 Å². The van der Waals surface area contributed by atoms with Crippen LogP contribution in [0.25, 0.3) is 0 Å². The number of carboxylic acids is 1. The van der Waals surface area contributed by atoms with Crippen molar-refractivity contribution in [2.75, 3.05) is 39.4 Å². The van der Waals surface area contributed by atoms with E-state index >= 15 is 0 Å². The van der Waals surface area contributed by atoms with Crippen LogP contribution < -0.4 is 5.32 Å². The Balaban J connectivity index is 3.58. The first-order chi connectivity index (χ1) is 9.10. The van der Waals surface area contributed by atoms with Gasteiger partial charge in [-0.3, -0.25) is 14.5 Å². The van der Waals surface area contributed by atoms with Crippen molar-refractivity contribution in [1.82, 2.24) is 10.2 Å². The Kier molecular flexibility index (Phi) is 11.1. The van der Waals surface area contributed by atoms with Crippen molar-refractivity contribution < 1.29 is 24.9 Å². The van der Waals surface area contributed by atoms with Crippen molar-refractivity contribution in [2.45, 2.75) is 25.7 Å². The van der Waals surface area contributed by atoms with E-state index in [1.165, 1.54) is 0 Å². The lowest BCUT2D eigenvalue weighted by molar-refractivity contribution is -0.137. The van der Waals surface area contributed by atoms with Crippen LogP contribution in [0, 0.1) is 0 Å². The largest absolute Gasteiger partial charge is 0.481 e. The van der Waals surface area contributed by atoms with Crippen LogP contribution in [0.4, 0.5) is 0 Å². The highest BCUT2D eigenvalue weighted by Gasteiger charge is 2.09. The number of carboxylic acid groups (broad SMARTS) is 1. The van der Waals surface area contributed by atoms with Crippen LogP contribution in [0.5, 0.6) is 0 Å². The van der Waals surface area contributed by atoms with Gasteiger partial charge >= 0.3 is 5.97 Å². The molecule has 0 radical (unpaired) electrons. The van der Waals surface area contributed by atoms with Crippen LogP contribution >= 0.6 is 0 Å². The molecule has 0 aromatic heterocycles. The Bertz CT molecular complexity index is 255. The Hall–Kier alpha value is -1.18. The van der Waals surface area contributed by atoms with Gasteiger partial charge in [0.05, 0.1) is 19.8 Å². The fourth-order valence-electron chi connectivity index (χ4n) is 1.62. The smallest absolute Gasteiger partial charge is 0.303 e. The standard InChI is InChI=1S/C12H24N2O5/c15-8-6-14(7-9-16)10-11(17)13-5-3-1-2-4-12(18)19/h15-16H,1-10H2,(H,13,17)(H,18,19). The number of nitrogens with zero attached hydrogens (tertiary/aromatic N) is 1. The fraction of sp³-hybridized carbons (Fsp3) is 0.833. The number of hydrogen-bond acceptors (Lipinski definition) is 5. The minimum atomic E-state index is -0.798. The zero-order chi connectivity index (χ0) is 14.5. The molecule has 7 nitrogen and oxygen atoms in total. The van der Waals surface area contributed by atoms with Crippen molar-refractivity contribution >= 4 is 11.9 Å². The third-order valence-corrected chi connectivity index (χ3v) is 2.59. The van der Waals surface area contributed by atoms with Gasteiger partial charge in [-0.15, -0.1) is 0 Å². The number of hydrogen-bond donors (Lipinski definition) is 4. The highest BCUT2D eigenvalue weighted by atomic mass is 16.4. The molecule has 0 aromatic rings. The van der Waals surface area contributed by atoms with Crippen molar-refractivity contribution in [3.05, 3.63) is 0 Å². The second kappa shape index (κ2) is 11.9. The van der Waals surface area contributed by atoms with Crippen LogP contribution in [-0.2, 0) is 9.59 Å². The molecular formula is C12H24N2O5. The SMILES string of the molecule is O=C(O)CCCCCNC(=O)CN(CCO)CCO. The zero-order valence-corrected chi connectivity index (χ0v) is 11.2. The average molecular weight is 276 g/mol. The van der Waals surface area contributed by atoms with E-state index in [0.717, 1.165) is 12.8 Å². The number of rotatable bonds is 12. The maximum Gasteiger partial charge on any atom is 0.303 e. The molecule has 0 spiro atoms. The highest BCUT2D eigenvalue weighted by molar-refractivity contribution is 5.77. The molecule has 0 fully saturated rings. The molecule has 0 saturated heterocycles. The van der Waals surface area contributed by atoms with Gasteiger partial charge < -0.3 is 20.6 Å². The average Bonchev–Trinajstić information content (AvgIpc) is 2.34. The van der Waals surface area contributed by atoms with Gasteiger partial charge in [-0.2, -0.15) is 0 Å². The fourth-order valence-corrected chi connectivity index (χ4v) is 1.62. The maximum absolute atomic E-state index is 11.5. The predicted octanol–water partition coefficient (Wildman–Crippen LogP) is -0.966. The molecule has 0 rings (SSSR count). The van der Waals surface area contributed by atoms with Crippen LogP contribution in [0.2, 0.25) is 0 Å². The second-order valence-corrected chi connectivity index (χ2v) is 4.28. The molecule has 1 amide bonds. The summed E-state index contributed by atoms with van der Waals surface area (Å²) in [5.74, 6) is -0.951. The Morgan fingerprint density at radius 2 is 1.63 bits per heavy atom. The van der Waals surface area contributed by atoms with E-state index in [0.29, 0.717) is 26.1 Å². The van der Waals surface area contributed by atoms with Crippen molar-refractivity contribution in [2.24, 2.45) is 0 Å². The monoisotopic (exact) mass is 276 g/mol. The van der Waals surface area contributed by atoms with Gasteiger partial charge in [0.1, 0.15) is 0 Å². The molecular weight excluding hydrogens is 252 g/mol.